The number of aliphatic carboxylic acids is 1. The summed E-state index contributed by atoms with van der Waals surface area (Å²) >= 11 is 3.56. The van der Waals surface area contributed by atoms with Gasteiger partial charge in [-0.3, -0.25) is 0 Å². The van der Waals surface area contributed by atoms with Gasteiger partial charge in [-0.1, -0.05) is 28.8 Å². The van der Waals surface area contributed by atoms with Crippen molar-refractivity contribution in [1.29, 1.82) is 0 Å². The summed E-state index contributed by atoms with van der Waals surface area (Å²) in [6, 6.07) is 5.70. The second-order valence-corrected chi connectivity index (χ2v) is 9.70. The van der Waals surface area contributed by atoms with E-state index >= 15 is 0 Å². The zero-order chi connectivity index (χ0) is 27.5. The molecule has 1 aromatic carbocycles. The summed E-state index contributed by atoms with van der Waals surface area (Å²) in [4.78, 5) is 27.4. The number of carboxylic acid groups (broad SMARTS) is 1. The summed E-state index contributed by atoms with van der Waals surface area (Å²) in [6.45, 7) is 9.15. The summed E-state index contributed by atoms with van der Waals surface area (Å²) in [5.41, 5.74) is 1.98. The van der Waals surface area contributed by atoms with Crippen LogP contribution in [0.1, 0.15) is 64.9 Å². The summed E-state index contributed by atoms with van der Waals surface area (Å²) in [6.07, 6.45) is 10.3. The topological polar surface area (TPSA) is 88.1 Å². The fourth-order valence-corrected chi connectivity index (χ4v) is 4.51. The average molecular weight is 572 g/mol. The number of benzene rings is 1. The molecule has 1 aliphatic heterocycles. The van der Waals surface area contributed by atoms with Crippen molar-refractivity contribution in [1.82, 2.24) is 10.2 Å². The first kappa shape index (κ1) is 30.0. The molecule has 0 aliphatic carbocycles. The Morgan fingerprint density at radius 1 is 1.24 bits per heavy atom. The summed E-state index contributed by atoms with van der Waals surface area (Å²) < 4.78 is 11.9. The fraction of sp³-hybridized carbons (Fsp3) is 0.448. The highest BCUT2D eigenvalue weighted by atomic mass is 79.9. The number of carbonyl (C=O) groups is 2. The van der Waals surface area contributed by atoms with Crippen molar-refractivity contribution < 1.29 is 24.2 Å². The standard InChI is InChI=1S/C29H35BrN2O5/c1-7-9-10-11-16-37-29(35)26-21(5)32(6)20(4)25(28(33)34)27(26)23-18-22(12-13-24(23)30)36-17-14-19(3)31-15-8-2/h1,12-13,18-19,27,31H,8-10,14-15,17H2,2-6H3,(H,33,34). The van der Waals surface area contributed by atoms with E-state index in [1.54, 1.807) is 37.9 Å². The second-order valence-electron chi connectivity index (χ2n) is 8.84. The monoisotopic (exact) mass is 570 g/mol. The van der Waals surface area contributed by atoms with Crippen LogP contribution < -0.4 is 10.1 Å². The van der Waals surface area contributed by atoms with Gasteiger partial charge in [-0.25, -0.2) is 9.59 Å². The molecule has 37 heavy (non-hydrogen) atoms. The lowest BCUT2D eigenvalue weighted by Gasteiger charge is -2.35. The maximum atomic E-state index is 13.3. The van der Waals surface area contributed by atoms with E-state index in [0.29, 0.717) is 52.7 Å². The Morgan fingerprint density at radius 3 is 2.59 bits per heavy atom. The largest absolute Gasteiger partial charge is 0.494 e. The third kappa shape index (κ3) is 7.89. The van der Waals surface area contributed by atoms with Crippen molar-refractivity contribution in [2.75, 3.05) is 20.2 Å². The van der Waals surface area contributed by atoms with Crippen LogP contribution in [0.25, 0.3) is 0 Å². The number of rotatable bonds is 11. The molecule has 2 N–H and O–H groups in total. The smallest absolute Gasteiger partial charge is 0.350 e. The predicted molar refractivity (Wildman–Crippen MR) is 147 cm³/mol. The Kier molecular flexibility index (Phi) is 11.8. The van der Waals surface area contributed by atoms with Crippen LogP contribution in [0.15, 0.2) is 45.2 Å². The molecule has 1 aromatic rings. The number of terminal acetylenes is 1. The first-order chi connectivity index (χ1) is 17.6. The van der Waals surface area contributed by atoms with Crippen LogP contribution in [0, 0.1) is 24.4 Å². The highest BCUT2D eigenvalue weighted by Crippen LogP contribution is 2.45. The van der Waals surface area contributed by atoms with Crippen molar-refractivity contribution in [3.05, 3.63) is 50.8 Å². The quantitative estimate of drug-likeness (QED) is 0.215. The van der Waals surface area contributed by atoms with Gasteiger partial charge >= 0.3 is 11.9 Å². The maximum Gasteiger partial charge on any atom is 0.350 e. The molecule has 0 aromatic heterocycles. The molecule has 0 saturated carbocycles. The molecule has 0 fully saturated rings. The van der Waals surface area contributed by atoms with Crippen LogP contribution in [0.3, 0.4) is 0 Å². The maximum absolute atomic E-state index is 13.3. The SMILES string of the molecule is C#CCCC#COC(=O)C1=C(C)N(C)C(C)=C(C(=O)O)C1c1cc(OCCC(C)NCCC)ccc1Br. The highest BCUT2D eigenvalue weighted by Gasteiger charge is 2.40. The predicted octanol–water partition coefficient (Wildman–Crippen LogP) is 5.19. The van der Waals surface area contributed by atoms with Gasteiger partial charge in [0.2, 0.25) is 0 Å². The number of halogens is 1. The molecule has 198 valence electrons. The van der Waals surface area contributed by atoms with E-state index in [1.165, 1.54) is 0 Å². The number of nitrogens with one attached hydrogen (secondary N) is 1. The van der Waals surface area contributed by atoms with Gasteiger partial charge in [-0.15, -0.1) is 12.3 Å². The minimum Gasteiger partial charge on any atom is -0.494 e. The number of allylic oxidation sites excluding steroid dienone is 2. The van der Waals surface area contributed by atoms with Gasteiger partial charge in [0, 0.05) is 41.8 Å². The molecule has 1 heterocycles. The second kappa shape index (κ2) is 14.5. The summed E-state index contributed by atoms with van der Waals surface area (Å²) in [5, 5.41) is 13.6. The number of esters is 1. The van der Waals surface area contributed by atoms with Gasteiger partial charge in [-0.05, 0) is 63.9 Å². The first-order valence-electron chi connectivity index (χ1n) is 12.3. The molecule has 8 heteroatoms. The molecular weight excluding hydrogens is 536 g/mol. The van der Waals surface area contributed by atoms with Crippen LogP contribution >= 0.6 is 15.9 Å². The molecular formula is C29H35BrN2O5. The van der Waals surface area contributed by atoms with E-state index in [0.717, 1.165) is 19.4 Å². The third-order valence-corrected chi connectivity index (χ3v) is 6.99. The molecule has 0 saturated heterocycles. The van der Waals surface area contributed by atoms with Crippen LogP contribution in [0.2, 0.25) is 0 Å². The summed E-state index contributed by atoms with van der Waals surface area (Å²) in [5.74, 6) is 3.05. The molecule has 0 bridgehead atoms. The fourth-order valence-electron chi connectivity index (χ4n) is 4.03. The van der Waals surface area contributed by atoms with Gasteiger partial charge in [0.1, 0.15) is 11.9 Å². The van der Waals surface area contributed by atoms with Gasteiger partial charge < -0.3 is 24.8 Å². The van der Waals surface area contributed by atoms with Crippen molar-refractivity contribution in [2.45, 2.75) is 65.3 Å². The van der Waals surface area contributed by atoms with Gasteiger partial charge in [0.25, 0.3) is 0 Å². The Bertz CT molecular complexity index is 1170. The number of hydrogen-bond donors (Lipinski definition) is 2. The van der Waals surface area contributed by atoms with Crippen LogP contribution in [0.4, 0.5) is 0 Å². The van der Waals surface area contributed by atoms with E-state index in [9.17, 15) is 14.7 Å². The lowest BCUT2D eigenvalue weighted by molar-refractivity contribution is -0.133. The van der Waals surface area contributed by atoms with E-state index in [-0.39, 0.29) is 11.1 Å². The van der Waals surface area contributed by atoms with Crippen LogP contribution in [0.5, 0.6) is 5.75 Å². The van der Waals surface area contributed by atoms with E-state index in [2.05, 4.69) is 53.0 Å². The average Bonchev–Trinajstić information content (AvgIpc) is 2.86. The molecule has 0 amide bonds. The molecule has 1 aliphatic rings. The number of carboxylic acids is 1. The minimum absolute atomic E-state index is 0.0792. The molecule has 2 unspecified atom stereocenters. The van der Waals surface area contributed by atoms with Gasteiger partial charge in [-0.2, -0.15) is 0 Å². The number of unbranched alkanes of at least 4 members (excludes halogenated alkanes) is 1. The Hall–Kier alpha value is -3.20. The highest BCUT2D eigenvalue weighted by molar-refractivity contribution is 9.10. The number of hydrogen-bond acceptors (Lipinski definition) is 6. The van der Waals surface area contributed by atoms with Crippen molar-refractivity contribution in [3.8, 4) is 30.1 Å². The normalized spacial score (nSPS) is 16.0. The lowest BCUT2D eigenvalue weighted by atomic mass is 9.80. The van der Waals surface area contributed by atoms with E-state index < -0.39 is 17.9 Å². The molecule has 2 rings (SSSR count). The number of nitrogens with zero attached hydrogens (tertiary/aromatic N) is 1. The molecule has 7 nitrogen and oxygen atoms in total. The van der Waals surface area contributed by atoms with E-state index in [1.807, 2.05) is 6.07 Å². The minimum atomic E-state index is -1.12. The van der Waals surface area contributed by atoms with Gasteiger partial charge in [0.05, 0.1) is 23.7 Å². The summed E-state index contributed by atoms with van der Waals surface area (Å²) in [7, 11) is 1.72. The zero-order valence-corrected chi connectivity index (χ0v) is 23.7. The van der Waals surface area contributed by atoms with Crippen molar-refractivity contribution in [2.24, 2.45) is 0 Å². The van der Waals surface area contributed by atoms with Gasteiger partial charge in [0.15, 0.2) is 0 Å². The Morgan fingerprint density at radius 2 is 1.95 bits per heavy atom. The zero-order valence-electron chi connectivity index (χ0n) is 22.1. The lowest BCUT2D eigenvalue weighted by Crippen LogP contribution is -2.32. The van der Waals surface area contributed by atoms with Crippen LogP contribution in [-0.2, 0) is 14.3 Å². The molecule has 0 radical (unpaired) electrons. The Labute approximate surface area is 228 Å². The molecule has 2 atom stereocenters. The number of ether oxygens (including phenoxy) is 2. The molecule has 0 spiro atoms. The van der Waals surface area contributed by atoms with Crippen molar-refractivity contribution >= 4 is 27.9 Å². The Balaban J connectivity index is 2.45. The van der Waals surface area contributed by atoms with Crippen LogP contribution in [-0.4, -0.2) is 48.2 Å². The third-order valence-electron chi connectivity index (χ3n) is 6.26. The number of carbonyl (C=O) groups excluding carboxylic acids is 1. The van der Waals surface area contributed by atoms with Crippen molar-refractivity contribution in [3.63, 3.8) is 0 Å². The van der Waals surface area contributed by atoms with E-state index in [4.69, 9.17) is 15.9 Å². The first-order valence-corrected chi connectivity index (χ1v) is 13.1.